The molecule has 0 radical (unpaired) electrons. The second-order valence-electron chi connectivity index (χ2n) is 8.13. The zero-order valence-corrected chi connectivity index (χ0v) is 15.6. The third-order valence-corrected chi connectivity index (χ3v) is 6.59. The van der Waals surface area contributed by atoms with Gasteiger partial charge in [0.25, 0.3) is 0 Å². The molecular formula is C19H32N2O3. The minimum absolute atomic E-state index is 0.119. The summed E-state index contributed by atoms with van der Waals surface area (Å²) >= 11 is 0. The van der Waals surface area contributed by atoms with Crippen molar-refractivity contribution < 1.29 is 14.3 Å². The van der Waals surface area contributed by atoms with E-state index in [4.69, 9.17) is 4.74 Å². The van der Waals surface area contributed by atoms with Gasteiger partial charge < -0.3 is 14.5 Å². The Morgan fingerprint density at radius 1 is 1.38 bits per heavy atom. The topological polar surface area (TPSA) is 49.9 Å². The van der Waals surface area contributed by atoms with E-state index >= 15 is 0 Å². The Balaban J connectivity index is 1.67. The van der Waals surface area contributed by atoms with Gasteiger partial charge in [0.05, 0.1) is 12.0 Å². The van der Waals surface area contributed by atoms with E-state index in [9.17, 15) is 9.59 Å². The summed E-state index contributed by atoms with van der Waals surface area (Å²) in [6.07, 6.45) is 6.45. The first-order valence-electron chi connectivity index (χ1n) is 9.58. The van der Waals surface area contributed by atoms with Crippen molar-refractivity contribution in [2.24, 2.45) is 11.3 Å². The quantitative estimate of drug-likeness (QED) is 0.775. The molecule has 0 N–H and O–H groups in total. The van der Waals surface area contributed by atoms with Crippen molar-refractivity contribution in [3.63, 3.8) is 0 Å². The van der Waals surface area contributed by atoms with E-state index in [1.54, 1.807) is 0 Å². The van der Waals surface area contributed by atoms with Crippen LogP contribution < -0.4 is 0 Å². The van der Waals surface area contributed by atoms with Gasteiger partial charge in [-0.2, -0.15) is 0 Å². The Morgan fingerprint density at radius 2 is 2.04 bits per heavy atom. The summed E-state index contributed by atoms with van der Waals surface area (Å²) in [5.41, 5.74) is 0.167. The maximum Gasteiger partial charge on any atom is 0.228 e. The fourth-order valence-corrected chi connectivity index (χ4v) is 5.23. The summed E-state index contributed by atoms with van der Waals surface area (Å²) in [4.78, 5) is 28.9. The number of amides is 2. The van der Waals surface area contributed by atoms with E-state index in [0.717, 1.165) is 13.0 Å². The minimum Gasteiger partial charge on any atom is -0.378 e. The van der Waals surface area contributed by atoms with E-state index in [-0.39, 0.29) is 35.2 Å². The van der Waals surface area contributed by atoms with Crippen molar-refractivity contribution in [1.82, 2.24) is 9.80 Å². The van der Waals surface area contributed by atoms with Crippen LogP contribution in [0.15, 0.2) is 0 Å². The highest BCUT2D eigenvalue weighted by molar-refractivity contribution is 5.89. The zero-order valence-electron chi connectivity index (χ0n) is 15.6. The van der Waals surface area contributed by atoms with Crippen molar-refractivity contribution in [2.75, 3.05) is 20.2 Å². The van der Waals surface area contributed by atoms with Gasteiger partial charge in [-0.25, -0.2) is 0 Å². The van der Waals surface area contributed by atoms with Gasteiger partial charge in [0.15, 0.2) is 0 Å². The number of hydrogen-bond donors (Lipinski definition) is 0. The molecule has 24 heavy (non-hydrogen) atoms. The number of carbonyl (C=O) groups is 2. The average Bonchev–Trinajstić information content (AvgIpc) is 3.18. The van der Waals surface area contributed by atoms with Crippen LogP contribution in [0.1, 0.15) is 59.3 Å². The third kappa shape index (κ3) is 2.75. The molecular weight excluding hydrogens is 304 g/mol. The van der Waals surface area contributed by atoms with Crippen LogP contribution in [0.3, 0.4) is 0 Å². The molecule has 5 heteroatoms. The minimum atomic E-state index is -0.172. The lowest BCUT2D eigenvalue weighted by atomic mass is 9.60. The molecule has 136 valence electrons. The molecule has 3 unspecified atom stereocenters. The van der Waals surface area contributed by atoms with Crippen molar-refractivity contribution in [2.45, 2.75) is 77.5 Å². The Morgan fingerprint density at radius 3 is 2.58 bits per heavy atom. The van der Waals surface area contributed by atoms with Gasteiger partial charge >= 0.3 is 0 Å². The molecule has 1 aliphatic heterocycles. The zero-order chi connectivity index (χ0) is 17.5. The molecule has 3 aliphatic rings. The van der Waals surface area contributed by atoms with Crippen LogP contribution in [0, 0.1) is 11.3 Å². The highest BCUT2D eigenvalue weighted by atomic mass is 16.5. The van der Waals surface area contributed by atoms with Gasteiger partial charge in [-0.3, -0.25) is 9.59 Å². The number of nitrogens with zero attached hydrogens (tertiary/aromatic N) is 2. The highest BCUT2D eigenvalue weighted by Crippen LogP contribution is 2.56. The van der Waals surface area contributed by atoms with Crippen molar-refractivity contribution >= 4 is 11.8 Å². The molecule has 2 amide bonds. The second-order valence-corrected chi connectivity index (χ2v) is 8.13. The molecule has 0 aromatic heterocycles. The SMILES string of the molecule is CCOC1CC(N(C)C(=O)C2CC(=O)N(C(C)C)C2)C12CCCC2. The van der Waals surface area contributed by atoms with Crippen LogP contribution in [-0.2, 0) is 14.3 Å². The van der Waals surface area contributed by atoms with Gasteiger partial charge in [0.2, 0.25) is 11.8 Å². The number of hydrogen-bond acceptors (Lipinski definition) is 3. The molecule has 5 nitrogen and oxygen atoms in total. The van der Waals surface area contributed by atoms with E-state index < -0.39 is 0 Å². The van der Waals surface area contributed by atoms with Crippen LogP contribution in [-0.4, -0.2) is 60.0 Å². The smallest absolute Gasteiger partial charge is 0.228 e. The Kier molecular flexibility index (Phi) is 4.92. The lowest BCUT2D eigenvalue weighted by molar-refractivity contribution is -0.174. The van der Waals surface area contributed by atoms with Crippen LogP contribution >= 0.6 is 0 Å². The van der Waals surface area contributed by atoms with Crippen molar-refractivity contribution in [3.05, 3.63) is 0 Å². The maximum atomic E-state index is 13.0. The second kappa shape index (κ2) is 6.66. The average molecular weight is 336 g/mol. The van der Waals surface area contributed by atoms with Crippen molar-refractivity contribution in [1.29, 1.82) is 0 Å². The monoisotopic (exact) mass is 336 g/mol. The number of rotatable bonds is 5. The van der Waals surface area contributed by atoms with E-state index in [1.165, 1.54) is 25.7 Å². The summed E-state index contributed by atoms with van der Waals surface area (Å²) in [7, 11) is 1.94. The van der Waals surface area contributed by atoms with E-state index in [1.807, 2.05) is 30.7 Å². The number of carbonyl (C=O) groups excluding carboxylic acids is 2. The molecule has 3 atom stereocenters. The van der Waals surface area contributed by atoms with E-state index in [0.29, 0.717) is 19.1 Å². The molecule has 1 saturated heterocycles. The first kappa shape index (κ1) is 17.7. The van der Waals surface area contributed by atoms with Gasteiger partial charge in [-0.05, 0) is 40.0 Å². The van der Waals surface area contributed by atoms with Gasteiger partial charge in [-0.15, -0.1) is 0 Å². The molecule has 1 heterocycles. The van der Waals surface area contributed by atoms with Crippen LogP contribution in [0.5, 0.6) is 0 Å². The fraction of sp³-hybridized carbons (Fsp3) is 0.895. The highest BCUT2D eigenvalue weighted by Gasteiger charge is 2.59. The molecule has 2 aliphatic carbocycles. The summed E-state index contributed by atoms with van der Waals surface area (Å²) in [6.45, 7) is 7.41. The summed E-state index contributed by atoms with van der Waals surface area (Å²) < 4.78 is 5.97. The first-order valence-corrected chi connectivity index (χ1v) is 9.58. The van der Waals surface area contributed by atoms with E-state index in [2.05, 4.69) is 6.92 Å². The lowest BCUT2D eigenvalue weighted by Gasteiger charge is -2.57. The molecule has 0 bridgehead atoms. The molecule has 0 aromatic carbocycles. The summed E-state index contributed by atoms with van der Waals surface area (Å²) in [5.74, 6) is 0.0975. The third-order valence-electron chi connectivity index (χ3n) is 6.59. The van der Waals surface area contributed by atoms with Crippen molar-refractivity contribution in [3.8, 4) is 0 Å². The predicted molar refractivity (Wildman–Crippen MR) is 92.4 cm³/mol. The van der Waals surface area contributed by atoms with Crippen LogP contribution in [0.4, 0.5) is 0 Å². The molecule has 3 fully saturated rings. The largest absolute Gasteiger partial charge is 0.378 e. The summed E-state index contributed by atoms with van der Waals surface area (Å²) in [5, 5.41) is 0. The van der Waals surface area contributed by atoms with Gasteiger partial charge in [0, 0.05) is 44.1 Å². The molecule has 0 aromatic rings. The molecule has 2 saturated carbocycles. The molecule has 3 rings (SSSR count). The molecule has 1 spiro atoms. The van der Waals surface area contributed by atoms with Crippen LogP contribution in [0.2, 0.25) is 0 Å². The standard InChI is InChI=1S/C19H32N2O3/c1-5-24-16-11-15(19(16)8-6-7-9-19)20(4)18(23)14-10-17(22)21(12-14)13(2)3/h13-16H,5-12H2,1-4H3. The summed E-state index contributed by atoms with van der Waals surface area (Å²) in [6, 6.07) is 0.458. The lowest BCUT2D eigenvalue weighted by Crippen LogP contribution is -2.64. The maximum absolute atomic E-state index is 13.0. The number of likely N-dealkylation sites (tertiary alicyclic amines) is 1. The van der Waals surface area contributed by atoms with Crippen LogP contribution in [0.25, 0.3) is 0 Å². The Bertz CT molecular complexity index is 499. The Labute approximate surface area is 145 Å². The van der Waals surface area contributed by atoms with Gasteiger partial charge in [-0.1, -0.05) is 12.8 Å². The fourth-order valence-electron chi connectivity index (χ4n) is 5.23. The Hall–Kier alpha value is -1.10. The first-order chi connectivity index (χ1) is 11.4. The normalized spacial score (nSPS) is 31.8. The van der Waals surface area contributed by atoms with Gasteiger partial charge in [0.1, 0.15) is 0 Å². The number of ether oxygens (including phenoxy) is 1. The predicted octanol–water partition coefficient (Wildman–Crippen LogP) is 2.44.